The average Bonchev–Trinajstić information content (AvgIpc) is 2.60. The highest BCUT2D eigenvalue weighted by Gasteiger charge is 2.23. The molecule has 0 aliphatic carbocycles. The van der Waals surface area contributed by atoms with E-state index in [2.05, 4.69) is 15.6 Å². The molecule has 0 spiro atoms. The lowest BCUT2D eigenvalue weighted by atomic mass is 9.91. The Morgan fingerprint density at radius 2 is 2.21 bits per heavy atom. The number of aromatic nitrogens is 1. The number of pyridine rings is 1. The van der Waals surface area contributed by atoms with Crippen molar-refractivity contribution < 1.29 is 14.0 Å². The minimum Gasteiger partial charge on any atom is -0.354 e. The Kier molecular flexibility index (Phi) is 4.29. The van der Waals surface area contributed by atoms with Crippen molar-refractivity contribution >= 4 is 11.8 Å². The number of amides is 2. The van der Waals surface area contributed by atoms with Gasteiger partial charge < -0.3 is 10.6 Å². The van der Waals surface area contributed by atoms with Crippen molar-refractivity contribution in [3.05, 3.63) is 63.7 Å². The molecular weight excluding hydrogens is 309 g/mol. The highest BCUT2D eigenvalue weighted by atomic mass is 19.1. The average molecular weight is 327 g/mol. The molecule has 2 heterocycles. The van der Waals surface area contributed by atoms with E-state index < -0.39 is 0 Å². The Bertz CT molecular complexity index is 816. The van der Waals surface area contributed by atoms with Crippen LogP contribution >= 0.6 is 0 Å². The molecule has 1 aliphatic heterocycles. The van der Waals surface area contributed by atoms with Crippen LogP contribution in [-0.4, -0.2) is 30.4 Å². The van der Waals surface area contributed by atoms with Crippen LogP contribution in [-0.2, 0) is 12.8 Å². The Labute approximate surface area is 139 Å². The maximum absolute atomic E-state index is 14.6. The van der Waals surface area contributed by atoms with Gasteiger partial charge in [0, 0.05) is 30.9 Å². The van der Waals surface area contributed by atoms with Crippen molar-refractivity contribution in [3.63, 3.8) is 0 Å². The van der Waals surface area contributed by atoms with Gasteiger partial charge in [-0.15, -0.1) is 0 Å². The third-order valence-electron chi connectivity index (χ3n) is 4.30. The SMILES string of the molecule is CNC(=O)c1ccc(Cc2cc3c(c(F)c2C)CCNC3=O)cn1. The predicted molar refractivity (Wildman–Crippen MR) is 87.6 cm³/mol. The van der Waals surface area contributed by atoms with Gasteiger partial charge in [-0.05, 0) is 48.6 Å². The van der Waals surface area contributed by atoms with Gasteiger partial charge in [-0.3, -0.25) is 14.6 Å². The first-order valence-electron chi connectivity index (χ1n) is 7.77. The van der Waals surface area contributed by atoms with E-state index in [0.29, 0.717) is 41.8 Å². The van der Waals surface area contributed by atoms with Crippen LogP contribution in [0.4, 0.5) is 4.39 Å². The fraction of sp³-hybridized carbons (Fsp3) is 0.278. The second-order valence-corrected chi connectivity index (χ2v) is 5.81. The fourth-order valence-electron chi connectivity index (χ4n) is 2.89. The molecule has 6 heteroatoms. The highest BCUT2D eigenvalue weighted by Crippen LogP contribution is 2.26. The lowest BCUT2D eigenvalue weighted by Crippen LogP contribution is -2.33. The molecule has 0 unspecified atom stereocenters. The second-order valence-electron chi connectivity index (χ2n) is 5.81. The largest absolute Gasteiger partial charge is 0.354 e. The van der Waals surface area contributed by atoms with Crippen LogP contribution in [0, 0.1) is 12.7 Å². The lowest BCUT2D eigenvalue weighted by molar-refractivity contribution is 0.0941. The van der Waals surface area contributed by atoms with Gasteiger partial charge in [0.25, 0.3) is 11.8 Å². The Hall–Kier alpha value is -2.76. The first-order valence-corrected chi connectivity index (χ1v) is 7.77. The summed E-state index contributed by atoms with van der Waals surface area (Å²) >= 11 is 0. The van der Waals surface area contributed by atoms with Crippen LogP contribution in [0.2, 0.25) is 0 Å². The molecule has 0 saturated heterocycles. The van der Waals surface area contributed by atoms with Crippen molar-refractivity contribution in [2.24, 2.45) is 0 Å². The number of halogens is 1. The number of nitrogens with one attached hydrogen (secondary N) is 2. The summed E-state index contributed by atoms with van der Waals surface area (Å²) in [5.41, 5.74) is 3.38. The van der Waals surface area contributed by atoms with Crippen LogP contribution in [0.25, 0.3) is 0 Å². The van der Waals surface area contributed by atoms with E-state index in [1.165, 1.54) is 0 Å². The third-order valence-corrected chi connectivity index (χ3v) is 4.30. The molecular formula is C18H18FN3O2. The Morgan fingerprint density at radius 1 is 1.42 bits per heavy atom. The third kappa shape index (κ3) is 2.87. The molecule has 1 aromatic carbocycles. The normalized spacial score (nSPS) is 13.2. The molecule has 1 aliphatic rings. The van der Waals surface area contributed by atoms with Crippen LogP contribution in [0.5, 0.6) is 0 Å². The van der Waals surface area contributed by atoms with Crippen molar-refractivity contribution in [2.45, 2.75) is 19.8 Å². The summed E-state index contributed by atoms with van der Waals surface area (Å²) in [6.07, 6.45) is 2.56. The van der Waals surface area contributed by atoms with Gasteiger partial charge in [0.1, 0.15) is 11.5 Å². The van der Waals surface area contributed by atoms with E-state index in [1.54, 1.807) is 38.4 Å². The van der Waals surface area contributed by atoms with E-state index in [4.69, 9.17) is 0 Å². The molecule has 0 radical (unpaired) electrons. The lowest BCUT2D eigenvalue weighted by Gasteiger charge is -2.20. The van der Waals surface area contributed by atoms with Gasteiger partial charge >= 0.3 is 0 Å². The number of carbonyl (C=O) groups is 2. The van der Waals surface area contributed by atoms with E-state index >= 15 is 0 Å². The zero-order valence-electron chi connectivity index (χ0n) is 13.6. The summed E-state index contributed by atoms with van der Waals surface area (Å²) in [5, 5.41) is 5.25. The summed E-state index contributed by atoms with van der Waals surface area (Å²) in [6, 6.07) is 5.17. The van der Waals surface area contributed by atoms with Crippen LogP contribution in [0.1, 0.15) is 43.1 Å². The topological polar surface area (TPSA) is 71.1 Å². The summed E-state index contributed by atoms with van der Waals surface area (Å²) < 4.78 is 14.6. The molecule has 2 aromatic rings. The number of hydrogen-bond acceptors (Lipinski definition) is 3. The summed E-state index contributed by atoms with van der Waals surface area (Å²) in [7, 11) is 1.54. The summed E-state index contributed by atoms with van der Waals surface area (Å²) in [5.74, 6) is -0.786. The van der Waals surface area contributed by atoms with E-state index in [9.17, 15) is 14.0 Å². The molecule has 5 nitrogen and oxygen atoms in total. The molecule has 0 saturated carbocycles. The fourth-order valence-corrected chi connectivity index (χ4v) is 2.89. The quantitative estimate of drug-likeness (QED) is 0.902. The number of hydrogen-bond donors (Lipinski definition) is 2. The predicted octanol–water partition coefficient (Wildman–Crippen LogP) is 1.77. The molecule has 0 atom stereocenters. The second kappa shape index (κ2) is 6.39. The number of fused-ring (bicyclic) bond motifs is 1. The number of rotatable bonds is 3. The molecule has 2 amide bonds. The summed E-state index contributed by atoms with van der Waals surface area (Å²) in [6.45, 7) is 2.19. The minimum atomic E-state index is -0.299. The maximum Gasteiger partial charge on any atom is 0.269 e. The van der Waals surface area contributed by atoms with Crippen molar-refractivity contribution in [1.82, 2.24) is 15.6 Å². The van der Waals surface area contributed by atoms with Crippen LogP contribution in [0.15, 0.2) is 24.4 Å². The van der Waals surface area contributed by atoms with Crippen molar-refractivity contribution in [2.75, 3.05) is 13.6 Å². The molecule has 124 valence electrons. The zero-order valence-corrected chi connectivity index (χ0v) is 13.6. The standard InChI is InChI=1S/C18H18FN3O2/c1-10-12(7-11-3-4-15(22-9-11)18(24)20-2)8-14-13(16(10)19)5-6-21-17(14)23/h3-4,8-9H,5-7H2,1-2H3,(H,20,24)(H,21,23). The van der Waals surface area contributed by atoms with Crippen molar-refractivity contribution in [3.8, 4) is 0 Å². The Morgan fingerprint density at radius 3 is 2.88 bits per heavy atom. The van der Waals surface area contributed by atoms with Gasteiger partial charge in [0.15, 0.2) is 0 Å². The molecule has 0 fully saturated rings. The van der Waals surface area contributed by atoms with Crippen LogP contribution in [0.3, 0.4) is 0 Å². The number of benzene rings is 1. The number of nitrogens with zero attached hydrogens (tertiary/aromatic N) is 1. The number of carbonyl (C=O) groups excluding carboxylic acids is 2. The molecule has 24 heavy (non-hydrogen) atoms. The van der Waals surface area contributed by atoms with E-state index in [1.807, 2.05) is 0 Å². The summed E-state index contributed by atoms with van der Waals surface area (Å²) in [4.78, 5) is 27.6. The van der Waals surface area contributed by atoms with Gasteiger partial charge in [-0.2, -0.15) is 0 Å². The molecule has 1 aromatic heterocycles. The molecule has 0 bridgehead atoms. The first-order chi connectivity index (χ1) is 11.5. The smallest absolute Gasteiger partial charge is 0.269 e. The van der Waals surface area contributed by atoms with Gasteiger partial charge in [0.05, 0.1) is 0 Å². The molecule has 3 rings (SSSR count). The Balaban J connectivity index is 1.93. The van der Waals surface area contributed by atoms with Gasteiger partial charge in [-0.1, -0.05) is 6.07 Å². The van der Waals surface area contributed by atoms with Crippen LogP contribution < -0.4 is 10.6 Å². The molecule has 2 N–H and O–H groups in total. The highest BCUT2D eigenvalue weighted by molar-refractivity contribution is 5.97. The van der Waals surface area contributed by atoms with Gasteiger partial charge in [0.2, 0.25) is 0 Å². The maximum atomic E-state index is 14.6. The zero-order chi connectivity index (χ0) is 17.3. The van der Waals surface area contributed by atoms with Gasteiger partial charge in [-0.25, -0.2) is 4.39 Å². The van der Waals surface area contributed by atoms with E-state index in [0.717, 1.165) is 11.1 Å². The monoisotopic (exact) mass is 327 g/mol. The van der Waals surface area contributed by atoms with E-state index in [-0.39, 0.29) is 17.6 Å². The first kappa shape index (κ1) is 16.1. The van der Waals surface area contributed by atoms with Crippen molar-refractivity contribution in [1.29, 1.82) is 0 Å². The minimum absolute atomic E-state index is 0.232.